The van der Waals surface area contributed by atoms with Crippen molar-refractivity contribution in [3.63, 3.8) is 0 Å². The summed E-state index contributed by atoms with van der Waals surface area (Å²) in [5.74, 6) is 0.975. The number of aromatic nitrogens is 2. The van der Waals surface area contributed by atoms with E-state index in [1.165, 1.54) is 0 Å². The van der Waals surface area contributed by atoms with Crippen molar-refractivity contribution in [2.24, 2.45) is 0 Å². The van der Waals surface area contributed by atoms with E-state index in [0.29, 0.717) is 6.04 Å². The van der Waals surface area contributed by atoms with Crippen LogP contribution in [0.1, 0.15) is 26.0 Å². The maximum atomic E-state index is 4.47. The minimum Gasteiger partial charge on any atom is -0.351 e. The van der Waals surface area contributed by atoms with Gasteiger partial charge < -0.3 is 10.2 Å². The predicted molar refractivity (Wildman–Crippen MR) is 70.0 cm³/mol. The van der Waals surface area contributed by atoms with E-state index < -0.39 is 0 Å². The quantitative estimate of drug-likeness (QED) is 0.803. The Morgan fingerprint density at radius 2 is 2.18 bits per heavy atom. The van der Waals surface area contributed by atoms with E-state index in [-0.39, 0.29) is 0 Å². The van der Waals surface area contributed by atoms with Crippen molar-refractivity contribution in [2.75, 3.05) is 18.0 Å². The van der Waals surface area contributed by atoms with Crippen LogP contribution in [0.4, 0.5) is 5.82 Å². The Balaban J connectivity index is 1.95. The van der Waals surface area contributed by atoms with Gasteiger partial charge in [-0.1, -0.05) is 26.0 Å². The Hall–Kier alpha value is -1.42. The molecule has 0 amide bonds. The normalized spacial score (nSPS) is 15.6. The van der Waals surface area contributed by atoms with Crippen LogP contribution in [-0.4, -0.2) is 29.1 Å². The highest BCUT2D eigenvalue weighted by Crippen LogP contribution is 2.12. The van der Waals surface area contributed by atoms with E-state index >= 15 is 0 Å². The van der Waals surface area contributed by atoms with E-state index in [1.54, 1.807) is 0 Å². The van der Waals surface area contributed by atoms with Crippen LogP contribution in [0.5, 0.6) is 0 Å². The minimum atomic E-state index is 0.476. The molecule has 0 unspecified atom stereocenters. The van der Waals surface area contributed by atoms with Gasteiger partial charge in [0, 0.05) is 25.7 Å². The first-order valence-electron chi connectivity index (χ1n) is 6.20. The van der Waals surface area contributed by atoms with E-state index in [0.717, 1.165) is 37.6 Å². The monoisotopic (exact) mass is 232 g/mol. The van der Waals surface area contributed by atoms with Crippen LogP contribution in [0.25, 0.3) is 0 Å². The molecule has 2 rings (SSSR count). The van der Waals surface area contributed by atoms with Crippen molar-refractivity contribution in [3.05, 3.63) is 30.2 Å². The second-order valence-corrected chi connectivity index (χ2v) is 4.61. The Kier molecular flexibility index (Phi) is 4.09. The molecule has 1 aromatic rings. The van der Waals surface area contributed by atoms with Crippen LogP contribution in [0.2, 0.25) is 0 Å². The van der Waals surface area contributed by atoms with Gasteiger partial charge >= 0.3 is 0 Å². The first-order valence-corrected chi connectivity index (χ1v) is 6.20. The summed E-state index contributed by atoms with van der Waals surface area (Å²) in [6.45, 7) is 7.02. The standard InChI is InChI=1S/C13H20N4/c1-11(2)14-8-12-9-16-13(10-15-12)17-6-4-3-5-7-17/h3-4,9-11,14H,5-8H2,1-2H3. The maximum Gasteiger partial charge on any atom is 0.147 e. The lowest BCUT2D eigenvalue weighted by molar-refractivity contribution is 0.580. The highest BCUT2D eigenvalue weighted by molar-refractivity contribution is 5.37. The molecule has 0 aliphatic carbocycles. The molecule has 0 aromatic carbocycles. The van der Waals surface area contributed by atoms with Crippen LogP contribution < -0.4 is 10.2 Å². The van der Waals surface area contributed by atoms with Crippen LogP contribution in [-0.2, 0) is 6.54 Å². The van der Waals surface area contributed by atoms with Crippen molar-refractivity contribution in [1.29, 1.82) is 0 Å². The molecule has 0 fully saturated rings. The first-order chi connectivity index (χ1) is 8.25. The maximum absolute atomic E-state index is 4.47. The molecule has 0 spiro atoms. The van der Waals surface area contributed by atoms with Gasteiger partial charge in [0.15, 0.2) is 0 Å². The smallest absolute Gasteiger partial charge is 0.147 e. The number of hydrogen-bond donors (Lipinski definition) is 1. The van der Waals surface area contributed by atoms with Gasteiger partial charge in [0.25, 0.3) is 0 Å². The zero-order valence-corrected chi connectivity index (χ0v) is 10.6. The van der Waals surface area contributed by atoms with Gasteiger partial charge in [0.1, 0.15) is 5.82 Å². The molecule has 2 heterocycles. The molecule has 0 bridgehead atoms. The average Bonchev–Trinajstić information content (AvgIpc) is 2.38. The number of nitrogens with one attached hydrogen (secondary N) is 1. The van der Waals surface area contributed by atoms with Gasteiger partial charge in [-0.2, -0.15) is 0 Å². The second-order valence-electron chi connectivity index (χ2n) is 4.61. The number of anilines is 1. The number of nitrogens with zero attached hydrogens (tertiary/aromatic N) is 3. The Bertz CT molecular complexity index is 370. The molecule has 4 heteroatoms. The third-order valence-corrected chi connectivity index (χ3v) is 2.77. The van der Waals surface area contributed by atoms with Crippen LogP contribution in [0.15, 0.2) is 24.5 Å². The van der Waals surface area contributed by atoms with Gasteiger partial charge in [0.2, 0.25) is 0 Å². The van der Waals surface area contributed by atoms with Crippen LogP contribution >= 0.6 is 0 Å². The van der Waals surface area contributed by atoms with Gasteiger partial charge in [-0.25, -0.2) is 4.98 Å². The molecular formula is C13H20N4. The van der Waals surface area contributed by atoms with Gasteiger partial charge in [0.05, 0.1) is 18.1 Å². The fraction of sp³-hybridized carbons (Fsp3) is 0.538. The average molecular weight is 232 g/mol. The van der Waals surface area contributed by atoms with Crippen molar-refractivity contribution >= 4 is 5.82 Å². The summed E-state index contributed by atoms with van der Waals surface area (Å²) in [5.41, 5.74) is 0.995. The van der Waals surface area contributed by atoms with E-state index in [9.17, 15) is 0 Å². The Morgan fingerprint density at radius 3 is 2.76 bits per heavy atom. The summed E-state index contributed by atoms with van der Waals surface area (Å²) in [6, 6.07) is 0.476. The van der Waals surface area contributed by atoms with E-state index in [2.05, 4.69) is 46.2 Å². The molecule has 1 aliphatic heterocycles. The summed E-state index contributed by atoms with van der Waals surface area (Å²) in [5, 5.41) is 3.33. The summed E-state index contributed by atoms with van der Waals surface area (Å²) in [6.07, 6.45) is 9.22. The van der Waals surface area contributed by atoms with Crippen molar-refractivity contribution in [3.8, 4) is 0 Å². The van der Waals surface area contributed by atoms with Crippen molar-refractivity contribution in [2.45, 2.75) is 32.9 Å². The lowest BCUT2D eigenvalue weighted by Crippen LogP contribution is -2.28. The molecule has 1 N–H and O–H groups in total. The summed E-state index contributed by atoms with van der Waals surface area (Å²) in [4.78, 5) is 11.1. The molecule has 92 valence electrons. The SMILES string of the molecule is CC(C)NCc1cnc(N2CC=CCC2)cn1. The minimum absolute atomic E-state index is 0.476. The van der Waals surface area contributed by atoms with Crippen LogP contribution in [0, 0.1) is 0 Å². The topological polar surface area (TPSA) is 41.1 Å². The fourth-order valence-corrected chi connectivity index (χ4v) is 1.76. The highest BCUT2D eigenvalue weighted by atomic mass is 15.2. The zero-order valence-electron chi connectivity index (χ0n) is 10.6. The summed E-state index contributed by atoms with van der Waals surface area (Å²) >= 11 is 0. The number of rotatable bonds is 4. The van der Waals surface area contributed by atoms with Gasteiger partial charge in [-0.15, -0.1) is 0 Å². The molecular weight excluding hydrogens is 212 g/mol. The Labute approximate surface area is 103 Å². The van der Waals surface area contributed by atoms with Crippen LogP contribution in [0.3, 0.4) is 0 Å². The largest absolute Gasteiger partial charge is 0.351 e. The second kappa shape index (κ2) is 5.77. The Morgan fingerprint density at radius 1 is 1.29 bits per heavy atom. The lowest BCUT2D eigenvalue weighted by atomic mass is 10.2. The highest BCUT2D eigenvalue weighted by Gasteiger charge is 2.08. The molecule has 0 saturated carbocycles. The molecule has 0 atom stereocenters. The van der Waals surface area contributed by atoms with E-state index in [1.807, 2.05) is 12.4 Å². The number of hydrogen-bond acceptors (Lipinski definition) is 4. The lowest BCUT2D eigenvalue weighted by Gasteiger charge is -2.24. The predicted octanol–water partition coefficient (Wildman–Crippen LogP) is 1.74. The van der Waals surface area contributed by atoms with Gasteiger partial charge in [-0.05, 0) is 6.42 Å². The fourth-order valence-electron chi connectivity index (χ4n) is 1.76. The van der Waals surface area contributed by atoms with E-state index in [4.69, 9.17) is 0 Å². The molecule has 17 heavy (non-hydrogen) atoms. The third kappa shape index (κ3) is 3.53. The molecule has 0 radical (unpaired) electrons. The summed E-state index contributed by atoms with van der Waals surface area (Å²) in [7, 11) is 0. The molecule has 1 aliphatic rings. The molecule has 4 nitrogen and oxygen atoms in total. The first kappa shape index (κ1) is 12.0. The molecule has 0 saturated heterocycles. The van der Waals surface area contributed by atoms with Gasteiger partial charge in [-0.3, -0.25) is 4.98 Å². The van der Waals surface area contributed by atoms with Crippen molar-refractivity contribution < 1.29 is 0 Å². The summed E-state index contributed by atoms with van der Waals surface area (Å²) < 4.78 is 0. The zero-order chi connectivity index (χ0) is 12.1. The third-order valence-electron chi connectivity index (χ3n) is 2.77. The van der Waals surface area contributed by atoms with Crippen molar-refractivity contribution in [1.82, 2.24) is 15.3 Å². The molecule has 1 aromatic heterocycles.